The molecule has 3 N–H and O–H groups in total. The van der Waals surface area contributed by atoms with Crippen LogP contribution in [0, 0.1) is 10.8 Å². The first kappa shape index (κ1) is 14.1. The maximum atomic E-state index is 7.74. The van der Waals surface area contributed by atoms with E-state index in [0.29, 0.717) is 5.84 Å². The highest BCUT2D eigenvalue weighted by molar-refractivity contribution is 5.85. The minimum absolute atomic E-state index is 0.102. The summed E-state index contributed by atoms with van der Waals surface area (Å²) in [4.78, 5) is 2.48. The largest absolute Gasteiger partial charge is 0.387 e. The molecule has 3 heteroatoms. The molecule has 1 fully saturated rings. The lowest BCUT2D eigenvalue weighted by Crippen LogP contribution is -2.44. The van der Waals surface area contributed by atoms with E-state index in [-0.39, 0.29) is 5.41 Å². The molecule has 0 unspecified atom stereocenters. The highest BCUT2D eigenvalue weighted by atomic mass is 15.1. The molecule has 110 valence electrons. The number of amidine groups is 1. The number of likely N-dealkylation sites (tertiary alicyclic amines) is 1. The predicted molar refractivity (Wildman–Crippen MR) is 88.5 cm³/mol. The summed E-state index contributed by atoms with van der Waals surface area (Å²) in [5.41, 5.74) is 7.03. The van der Waals surface area contributed by atoms with Gasteiger partial charge in [0.15, 0.2) is 0 Å². The van der Waals surface area contributed by atoms with Crippen LogP contribution < -0.4 is 5.73 Å². The van der Waals surface area contributed by atoms with Crippen LogP contribution in [0.2, 0.25) is 0 Å². The van der Waals surface area contributed by atoms with E-state index >= 15 is 0 Å². The van der Waals surface area contributed by atoms with Gasteiger partial charge in [0.05, 0.1) is 5.84 Å². The first-order chi connectivity index (χ1) is 10.1. The number of benzene rings is 2. The quantitative estimate of drug-likeness (QED) is 0.669. The summed E-state index contributed by atoms with van der Waals surface area (Å²) < 4.78 is 0. The van der Waals surface area contributed by atoms with Crippen LogP contribution >= 0.6 is 0 Å². The Hall–Kier alpha value is -1.87. The first-order valence-corrected chi connectivity index (χ1v) is 7.62. The average Bonchev–Trinajstić information content (AvgIpc) is 2.50. The number of rotatable bonds is 3. The van der Waals surface area contributed by atoms with Gasteiger partial charge in [-0.15, -0.1) is 0 Å². The van der Waals surface area contributed by atoms with Crippen molar-refractivity contribution in [1.29, 1.82) is 5.41 Å². The Labute approximate surface area is 126 Å². The molecular formula is C18H23N3. The van der Waals surface area contributed by atoms with Gasteiger partial charge in [-0.2, -0.15) is 0 Å². The molecule has 2 aromatic rings. The Balaban J connectivity index is 1.74. The molecule has 0 bridgehead atoms. The van der Waals surface area contributed by atoms with Crippen LogP contribution in [-0.2, 0) is 6.54 Å². The van der Waals surface area contributed by atoms with Crippen molar-refractivity contribution in [3.63, 3.8) is 0 Å². The van der Waals surface area contributed by atoms with E-state index in [1.807, 2.05) is 0 Å². The third-order valence-corrected chi connectivity index (χ3v) is 4.88. The molecule has 0 amide bonds. The molecule has 2 aromatic carbocycles. The van der Waals surface area contributed by atoms with Crippen molar-refractivity contribution < 1.29 is 0 Å². The topological polar surface area (TPSA) is 53.1 Å². The van der Waals surface area contributed by atoms with Gasteiger partial charge < -0.3 is 5.73 Å². The third-order valence-electron chi connectivity index (χ3n) is 4.88. The van der Waals surface area contributed by atoms with E-state index in [4.69, 9.17) is 11.1 Å². The Morgan fingerprint density at radius 1 is 1.14 bits per heavy atom. The first-order valence-electron chi connectivity index (χ1n) is 7.62. The Morgan fingerprint density at radius 3 is 2.52 bits per heavy atom. The Kier molecular flexibility index (Phi) is 3.68. The Bertz CT molecular complexity index is 649. The second-order valence-electron chi connectivity index (χ2n) is 6.39. The smallest absolute Gasteiger partial charge is 0.0966 e. The zero-order valence-electron chi connectivity index (χ0n) is 12.6. The normalized spacial score (nSPS) is 18.7. The summed E-state index contributed by atoms with van der Waals surface area (Å²) in [6.07, 6.45) is 1.96. The molecule has 0 aliphatic carbocycles. The molecule has 0 spiro atoms. The fraction of sp³-hybridized carbons (Fsp3) is 0.389. The lowest BCUT2D eigenvalue weighted by atomic mass is 9.79. The van der Waals surface area contributed by atoms with Crippen molar-refractivity contribution in [1.82, 2.24) is 4.90 Å². The molecule has 0 saturated carbocycles. The fourth-order valence-electron chi connectivity index (χ4n) is 3.15. The monoisotopic (exact) mass is 281 g/mol. The van der Waals surface area contributed by atoms with Gasteiger partial charge in [0.1, 0.15) is 0 Å². The number of piperidine rings is 1. The van der Waals surface area contributed by atoms with Crippen LogP contribution in [0.25, 0.3) is 10.8 Å². The zero-order chi connectivity index (χ0) is 14.9. The van der Waals surface area contributed by atoms with Crippen LogP contribution in [0.1, 0.15) is 25.3 Å². The molecular weight excluding hydrogens is 258 g/mol. The molecule has 0 atom stereocenters. The van der Waals surface area contributed by atoms with Crippen molar-refractivity contribution in [2.45, 2.75) is 26.3 Å². The van der Waals surface area contributed by atoms with Crippen molar-refractivity contribution in [3.05, 3.63) is 48.0 Å². The fourth-order valence-corrected chi connectivity index (χ4v) is 3.15. The predicted octanol–water partition coefficient (Wildman–Crippen LogP) is 3.38. The third kappa shape index (κ3) is 2.79. The lowest BCUT2D eigenvalue weighted by molar-refractivity contribution is 0.156. The second-order valence-corrected chi connectivity index (χ2v) is 6.39. The van der Waals surface area contributed by atoms with Crippen molar-refractivity contribution in [2.75, 3.05) is 13.1 Å². The molecule has 21 heavy (non-hydrogen) atoms. The zero-order valence-corrected chi connectivity index (χ0v) is 12.6. The van der Waals surface area contributed by atoms with Crippen LogP contribution in [0.4, 0.5) is 0 Å². The van der Waals surface area contributed by atoms with Gasteiger partial charge in [0.2, 0.25) is 0 Å². The van der Waals surface area contributed by atoms with E-state index in [1.165, 1.54) is 16.3 Å². The minimum atomic E-state index is -0.102. The number of hydrogen-bond donors (Lipinski definition) is 2. The number of hydrogen-bond acceptors (Lipinski definition) is 2. The minimum Gasteiger partial charge on any atom is -0.387 e. The van der Waals surface area contributed by atoms with Gasteiger partial charge in [-0.1, -0.05) is 49.4 Å². The highest BCUT2D eigenvalue weighted by Gasteiger charge is 2.32. The van der Waals surface area contributed by atoms with Crippen LogP contribution in [0.15, 0.2) is 42.5 Å². The summed E-state index contributed by atoms with van der Waals surface area (Å²) >= 11 is 0. The molecule has 0 aromatic heterocycles. The Morgan fingerprint density at radius 2 is 1.81 bits per heavy atom. The average molecular weight is 281 g/mol. The summed E-state index contributed by atoms with van der Waals surface area (Å²) in [6, 6.07) is 15.1. The number of nitrogens with two attached hydrogens (primary N) is 1. The van der Waals surface area contributed by atoms with Gasteiger partial charge >= 0.3 is 0 Å². The number of fused-ring (bicyclic) bond motifs is 1. The van der Waals surface area contributed by atoms with Gasteiger partial charge in [-0.25, -0.2) is 0 Å². The van der Waals surface area contributed by atoms with E-state index in [1.54, 1.807) is 0 Å². The molecule has 1 heterocycles. The van der Waals surface area contributed by atoms with E-state index in [2.05, 4.69) is 54.3 Å². The van der Waals surface area contributed by atoms with Crippen LogP contribution in [0.3, 0.4) is 0 Å². The number of nitrogens with one attached hydrogen (secondary N) is 1. The summed E-state index contributed by atoms with van der Waals surface area (Å²) in [5, 5.41) is 10.4. The summed E-state index contributed by atoms with van der Waals surface area (Å²) in [6.45, 7) is 5.12. The van der Waals surface area contributed by atoms with E-state index in [0.717, 1.165) is 32.5 Å². The van der Waals surface area contributed by atoms with Crippen molar-refractivity contribution >= 4 is 16.6 Å². The SMILES string of the molecule is CC1(C(=N)N)CCN(Cc2cccc3ccccc23)CC1. The standard InChI is InChI=1S/C18H23N3/c1-18(17(19)20)9-11-21(12-10-18)13-15-7-4-6-14-5-2-3-8-16(14)15/h2-8H,9-13H2,1H3,(H3,19,20). The van der Waals surface area contributed by atoms with E-state index < -0.39 is 0 Å². The highest BCUT2D eigenvalue weighted by Crippen LogP contribution is 2.31. The molecule has 1 aliphatic rings. The van der Waals surface area contributed by atoms with Gasteiger partial charge in [0, 0.05) is 12.0 Å². The lowest BCUT2D eigenvalue weighted by Gasteiger charge is -2.38. The molecule has 3 rings (SSSR count). The van der Waals surface area contributed by atoms with Gasteiger partial charge in [-0.3, -0.25) is 10.3 Å². The van der Waals surface area contributed by atoms with Crippen LogP contribution in [0.5, 0.6) is 0 Å². The molecule has 0 radical (unpaired) electrons. The summed E-state index contributed by atoms with van der Waals surface area (Å²) in [7, 11) is 0. The number of nitrogens with zero attached hydrogens (tertiary/aromatic N) is 1. The second kappa shape index (κ2) is 5.49. The molecule has 1 saturated heterocycles. The van der Waals surface area contributed by atoms with Gasteiger partial charge in [-0.05, 0) is 42.3 Å². The van der Waals surface area contributed by atoms with Gasteiger partial charge in [0.25, 0.3) is 0 Å². The summed E-state index contributed by atoms with van der Waals surface area (Å²) in [5.74, 6) is 0.340. The van der Waals surface area contributed by atoms with Crippen molar-refractivity contribution in [2.24, 2.45) is 11.1 Å². The molecule has 1 aliphatic heterocycles. The molecule has 3 nitrogen and oxygen atoms in total. The van der Waals surface area contributed by atoms with Crippen LogP contribution in [-0.4, -0.2) is 23.8 Å². The van der Waals surface area contributed by atoms with E-state index in [9.17, 15) is 0 Å². The van der Waals surface area contributed by atoms with Crippen molar-refractivity contribution in [3.8, 4) is 0 Å². The maximum absolute atomic E-state index is 7.74. The maximum Gasteiger partial charge on any atom is 0.0966 e.